The van der Waals surface area contributed by atoms with Crippen molar-refractivity contribution in [2.75, 3.05) is 26.2 Å². The van der Waals surface area contributed by atoms with Crippen LogP contribution in [0.2, 0.25) is 0 Å². The SMILES string of the molecule is Cc1ccc(S(=O)(=O)N2CCN(C(=O)c3cnn4c(C)cc(C)nc34)CC2)cc1. The van der Waals surface area contributed by atoms with Gasteiger partial charge in [0.25, 0.3) is 5.91 Å². The number of aryl methyl sites for hydroxylation is 3. The van der Waals surface area contributed by atoms with Crippen molar-refractivity contribution < 1.29 is 13.2 Å². The summed E-state index contributed by atoms with van der Waals surface area (Å²) in [5.41, 5.74) is 3.69. The molecule has 9 heteroatoms. The number of sulfonamides is 1. The quantitative estimate of drug-likeness (QED) is 0.653. The Morgan fingerprint density at radius 1 is 1.00 bits per heavy atom. The van der Waals surface area contributed by atoms with Gasteiger partial charge in [-0.3, -0.25) is 4.79 Å². The Bertz CT molecular complexity index is 1180. The number of amides is 1. The maximum Gasteiger partial charge on any atom is 0.259 e. The number of benzene rings is 1. The molecule has 1 aliphatic rings. The van der Waals surface area contributed by atoms with Gasteiger partial charge in [0.15, 0.2) is 5.65 Å². The highest BCUT2D eigenvalue weighted by Crippen LogP contribution is 2.20. The van der Waals surface area contributed by atoms with Gasteiger partial charge in [-0.1, -0.05) is 17.7 Å². The van der Waals surface area contributed by atoms with E-state index in [4.69, 9.17) is 0 Å². The molecule has 0 radical (unpaired) electrons. The van der Waals surface area contributed by atoms with Crippen LogP contribution in [0.4, 0.5) is 0 Å². The lowest BCUT2D eigenvalue weighted by molar-refractivity contribution is 0.0699. The van der Waals surface area contributed by atoms with E-state index in [0.717, 1.165) is 17.0 Å². The Balaban J connectivity index is 1.51. The first-order chi connectivity index (χ1) is 13.8. The molecule has 3 heterocycles. The van der Waals surface area contributed by atoms with Gasteiger partial charge >= 0.3 is 0 Å². The minimum atomic E-state index is -3.56. The van der Waals surface area contributed by atoms with Gasteiger partial charge in [-0.25, -0.2) is 17.9 Å². The first-order valence-electron chi connectivity index (χ1n) is 9.45. The van der Waals surface area contributed by atoms with E-state index in [2.05, 4.69) is 10.1 Å². The molecule has 1 aromatic carbocycles. The minimum absolute atomic E-state index is 0.176. The van der Waals surface area contributed by atoms with Crippen LogP contribution in [0.25, 0.3) is 5.65 Å². The zero-order valence-electron chi connectivity index (χ0n) is 16.7. The van der Waals surface area contributed by atoms with Crippen LogP contribution in [0, 0.1) is 20.8 Å². The van der Waals surface area contributed by atoms with E-state index in [1.807, 2.05) is 26.8 Å². The normalized spacial score (nSPS) is 15.8. The number of carbonyl (C=O) groups is 1. The van der Waals surface area contributed by atoms with Crippen molar-refractivity contribution in [2.24, 2.45) is 0 Å². The van der Waals surface area contributed by atoms with Crippen LogP contribution in [0.3, 0.4) is 0 Å². The Hall–Kier alpha value is -2.78. The van der Waals surface area contributed by atoms with Gasteiger partial charge in [-0.2, -0.15) is 9.40 Å². The second-order valence-electron chi connectivity index (χ2n) is 7.34. The van der Waals surface area contributed by atoms with Crippen molar-refractivity contribution in [3.05, 3.63) is 59.0 Å². The van der Waals surface area contributed by atoms with E-state index < -0.39 is 10.0 Å². The molecule has 0 unspecified atom stereocenters. The summed E-state index contributed by atoms with van der Waals surface area (Å²) in [6.45, 7) is 6.87. The smallest absolute Gasteiger partial charge is 0.259 e. The second kappa shape index (κ2) is 7.23. The molecule has 4 rings (SSSR count). The van der Waals surface area contributed by atoms with E-state index in [1.54, 1.807) is 33.7 Å². The minimum Gasteiger partial charge on any atom is -0.336 e. The summed E-state index contributed by atoms with van der Waals surface area (Å²) in [6, 6.07) is 8.72. The van der Waals surface area contributed by atoms with Gasteiger partial charge < -0.3 is 4.90 Å². The molecule has 3 aromatic rings. The molecule has 0 saturated carbocycles. The van der Waals surface area contributed by atoms with Gasteiger partial charge in [0, 0.05) is 37.6 Å². The van der Waals surface area contributed by atoms with Crippen molar-refractivity contribution in [3.8, 4) is 0 Å². The molecule has 1 saturated heterocycles. The van der Waals surface area contributed by atoms with Crippen LogP contribution < -0.4 is 0 Å². The summed E-state index contributed by atoms with van der Waals surface area (Å²) in [7, 11) is -3.56. The average Bonchev–Trinajstić information content (AvgIpc) is 3.12. The lowest BCUT2D eigenvalue weighted by Gasteiger charge is -2.33. The third kappa shape index (κ3) is 3.51. The molecule has 29 heavy (non-hydrogen) atoms. The number of carbonyl (C=O) groups excluding carboxylic acids is 1. The van der Waals surface area contributed by atoms with Gasteiger partial charge in [0.1, 0.15) is 5.56 Å². The van der Waals surface area contributed by atoms with E-state index in [1.165, 1.54) is 10.5 Å². The molecule has 0 N–H and O–H groups in total. The first-order valence-corrected chi connectivity index (χ1v) is 10.9. The topological polar surface area (TPSA) is 87.9 Å². The molecular weight excluding hydrogens is 390 g/mol. The molecule has 0 atom stereocenters. The highest BCUT2D eigenvalue weighted by Gasteiger charge is 2.31. The number of piperazine rings is 1. The van der Waals surface area contributed by atoms with Crippen molar-refractivity contribution in [1.82, 2.24) is 23.8 Å². The zero-order valence-corrected chi connectivity index (χ0v) is 17.5. The fraction of sp³-hybridized carbons (Fsp3) is 0.350. The largest absolute Gasteiger partial charge is 0.336 e. The van der Waals surface area contributed by atoms with Crippen LogP contribution in [0.15, 0.2) is 41.4 Å². The van der Waals surface area contributed by atoms with Gasteiger partial charge in [0.05, 0.1) is 11.1 Å². The lowest BCUT2D eigenvalue weighted by Crippen LogP contribution is -2.50. The van der Waals surface area contributed by atoms with Crippen LogP contribution in [0.5, 0.6) is 0 Å². The number of hydrogen-bond acceptors (Lipinski definition) is 5. The molecule has 0 spiro atoms. The van der Waals surface area contributed by atoms with E-state index in [9.17, 15) is 13.2 Å². The maximum atomic E-state index is 13.0. The predicted molar refractivity (Wildman–Crippen MR) is 108 cm³/mol. The fourth-order valence-electron chi connectivity index (χ4n) is 3.58. The zero-order chi connectivity index (χ0) is 20.8. The van der Waals surface area contributed by atoms with Crippen molar-refractivity contribution >= 4 is 21.6 Å². The second-order valence-corrected chi connectivity index (χ2v) is 9.28. The van der Waals surface area contributed by atoms with E-state index >= 15 is 0 Å². The first kappa shape index (κ1) is 19.5. The summed E-state index contributed by atoms with van der Waals surface area (Å²) >= 11 is 0. The Kier molecular flexibility index (Phi) is 4.87. The van der Waals surface area contributed by atoms with Crippen LogP contribution in [-0.4, -0.2) is 64.3 Å². The van der Waals surface area contributed by atoms with Gasteiger partial charge in [-0.05, 0) is 39.0 Å². The van der Waals surface area contributed by atoms with Crippen LogP contribution in [0.1, 0.15) is 27.3 Å². The van der Waals surface area contributed by atoms with Crippen LogP contribution >= 0.6 is 0 Å². The average molecular weight is 414 g/mol. The fourth-order valence-corrected chi connectivity index (χ4v) is 5.00. The molecule has 1 amide bonds. The Labute approximate surface area is 169 Å². The number of aromatic nitrogens is 3. The molecule has 2 aromatic heterocycles. The standard InChI is InChI=1S/C20H23N5O3S/c1-14-4-6-17(7-5-14)29(27,28)24-10-8-23(9-11-24)20(26)18-13-21-25-16(3)12-15(2)22-19(18)25/h4-7,12-13H,8-11H2,1-3H3. The summed E-state index contributed by atoms with van der Waals surface area (Å²) in [6.07, 6.45) is 1.53. The summed E-state index contributed by atoms with van der Waals surface area (Å²) < 4.78 is 28.8. The number of fused-ring (bicyclic) bond motifs is 1. The number of hydrogen-bond donors (Lipinski definition) is 0. The summed E-state index contributed by atoms with van der Waals surface area (Å²) in [4.78, 5) is 19.4. The van der Waals surface area contributed by atoms with Crippen molar-refractivity contribution in [2.45, 2.75) is 25.7 Å². The Morgan fingerprint density at radius 3 is 2.31 bits per heavy atom. The molecule has 152 valence electrons. The van der Waals surface area contributed by atoms with Gasteiger partial charge in [0.2, 0.25) is 10.0 Å². The molecular formula is C20H23N5O3S. The van der Waals surface area contributed by atoms with E-state index in [-0.39, 0.29) is 23.9 Å². The Morgan fingerprint density at radius 2 is 1.66 bits per heavy atom. The van der Waals surface area contributed by atoms with Crippen molar-refractivity contribution in [3.63, 3.8) is 0 Å². The number of nitrogens with zero attached hydrogens (tertiary/aromatic N) is 5. The maximum absolute atomic E-state index is 13.0. The highest BCUT2D eigenvalue weighted by atomic mass is 32.2. The van der Waals surface area contributed by atoms with Gasteiger partial charge in [-0.15, -0.1) is 0 Å². The highest BCUT2D eigenvalue weighted by molar-refractivity contribution is 7.89. The third-order valence-corrected chi connectivity index (χ3v) is 7.11. The van der Waals surface area contributed by atoms with Crippen LogP contribution in [-0.2, 0) is 10.0 Å². The lowest BCUT2D eigenvalue weighted by atomic mass is 10.2. The van der Waals surface area contributed by atoms with E-state index in [0.29, 0.717) is 24.3 Å². The summed E-state index contributed by atoms with van der Waals surface area (Å²) in [5, 5.41) is 4.28. The molecule has 1 aliphatic heterocycles. The number of rotatable bonds is 3. The molecule has 0 bridgehead atoms. The monoisotopic (exact) mass is 413 g/mol. The molecule has 1 fully saturated rings. The predicted octanol–water partition coefficient (Wildman–Crippen LogP) is 1.80. The van der Waals surface area contributed by atoms with Crippen molar-refractivity contribution in [1.29, 1.82) is 0 Å². The third-order valence-electron chi connectivity index (χ3n) is 5.19. The molecule has 8 nitrogen and oxygen atoms in total. The molecule has 0 aliphatic carbocycles. The summed E-state index contributed by atoms with van der Waals surface area (Å²) in [5.74, 6) is -0.176.